The summed E-state index contributed by atoms with van der Waals surface area (Å²) in [5.74, 6) is 2.34. The quantitative estimate of drug-likeness (QED) is 0.874. The normalized spacial score (nSPS) is 16.1. The maximum atomic E-state index is 12.3. The van der Waals surface area contributed by atoms with Crippen LogP contribution in [0.3, 0.4) is 0 Å². The van der Waals surface area contributed by atoms with Gasteiger partial charge in [0, 0.05) is 25.7 Å². The number of nitrogens with one attached hydrogen (secondary N) is 2. The van der Waals surface area contributed by atoms with Gasteiger partial charge in [0.2, 0.25) is 5.91 Å². The first-order valence-electron chi connectivity index (χ1n) is 7.11. The Kier molecular flexibility index (Phi) is 4.42. The van der Waals surface area contributed by atoms with Gasteiger partial charge in [-0.3, -0.25) is 4.79 Å². The van der Waals surface area contributed by atoms with E-state index in [0.29, 0.717) is 5.82 Å². The van der Waals surface area contributed by atoms with Crippen molar-refractivity contribution in [3.05, 3.63) is 11.4 Å². The fourth-order valence-electron chi connectivity index (χ4n) is 2.49. The first-order valence-corrected chi connectivity index (χ1v) is 7.11. The van der Waals surface area contributed by atoms with Crippen LogP contribution >= 0.6 is 0 Å². The van der Waals surface area contributed by atoms with E-state index in [1.54, 1.807) is 0 Å². The van der Waals surface area contributed by atoms with E-state index in [1.165, 1.54) is 0 Å². The molecule has 0 saturated carbocycles. The van der Waals surface area contributed by atoms with Gasteiger partial charge in [0.05, 0.1) is 0 Å². The van der Waals surface area contributed by atoms with Crippen LogP contribution in [-0.2, 0) is 4.79 Å². The summed E-state index contributed by atoms with van der Waals surface area (Å²) in [6, 6.07) is -0.272. The van der Waals surface area contributed by atoms with Crippen molar-refractivity contribution < 1.29 is 4.79 Å². The molecule has 1 aliphatic heterocycles. The molecule has 1 fully saturated rings. The summed E-state index contributed by atoms with van der Waals surface area (Å²) in [5, 5.41) is 6.27. The summed E-state index contributed by atoms with van der Waals surface area (Å²) >= 11 is 0. The van der Waals surface area contributed by atoms with Gasteiger partial charge in [0.25, 0.3) is 0 Å². The fourth-order valence-corrected chi connectivity index (χ4v) is 2.49. The number of hydrogen-bond acceptors (Lipinski definition) is 5. The molecule has 6 nitrogen and oxygen atoms in total. The molecule has 1 amide bonds. The highest BCUT2D eigenvalue weighted by Crippen LogP contribution is 2.20. The molecule has 110 valence electrons. The van der Waals surface area contributed by atoms with Gasteiger partial charge in [-0.05, 0) is 33.6 Å². The van der Waals surface area contributed by atoms with E-state index >= 15 is 0 Å². The summed E-state index contributed by atoms with van der Waals surface area (Å²) in [4.78, 5) is 22.9. The van der Waals surface area contributed by atoms with Gasteiger partial charge in [0.1, 0.15) is 23.5 Å². The highest BCUT2D eigenvalue weighted by molar-refractivity contribution is 5.84. The molecule has 20 heavy (non-hydrogen) atoms. The van der Waals surface area contributed by atoms with Crippen LogP contribution in [0.15, 0.2) is 0 Å². The molecule has 6 heteroatoms. The SMILES string of the molecule is CNc1nc(C)nc(NC(C)C(=O)N2CCCC2)c1C. The molecule has 1 unspecified atom stereocenters. The second kappa shape index (κ2) is 6.07. The highest BCUT2D eigenvalue weighted by atomic mass is 16.2. The molecule has 2 N–H and O–H groups in total. The number of amides is 1. The van der Waals surface area contributed by atoms with Crippen LogP contribution in [-0.4, -0.2) is 47.0 Å². The number of hydrogen-bond donors (Lipinski definition) is 2. The summed E-state index contributed by atoms with van der Waals surface area (Å²) in [6.45, 7) is 7.42. The van der Waals surface area contributed by atoms with E-state index < -0.39 is 0 Å². The Morgan fingerprint density at radius 3 is 2.40 bits per heavy atom. The average molecular weight is 277 g/mol. The first kappa shape index (κ1) is 14.6. The number of anilines is 2. The average Bonchev–Trinajstić information content (AvgIpc) is 2.95. The van der Waals surface area contributed by atoms with Crippen molar-refractivity contribution in [2.24, 2.45) is 0 Å². The minimum absolute atomic E-state index is 0.143. The van der Waals surface area contributed by atoms with E-state index in [-0.39, 0.29) is 11.9 Å². The zero-order valence-corrected chi connectivity index (χ0v) is 12.7. The maximum absolute atomic E-state index is 12.3. The second-order valence-corrected chi connectivity index (χ2v) is 5.24. The van der Waals surface area contributed by atoms with Crippen molar-refractivity contribution in [2.75, 3.05) is 30.8 Å². The molecule has 2 rings (SSSR count). The van der Waals surface area contributed by atoms with Gasteiger partial charge in [0.15, 0.2) is 0 Å². The number of nitrogens with zero attached hydrogens (tertiary/aromatic N) is 3. The Morgan fingerprint density at radius 2 is 1.80 bits per heavy atom. The lowest BCUT2D eigenvalue weighted by Crippen LogP contribution is -2.40. The number of aryl methyl sites for hydroxylation is 1. The zero-order chi connectivity index (χ0) is 14.7. The van der Waals surface area contributed by atoms with E-state index in [1.807, 2.05) is 32.7 Å². The molecule has 0 bridgehead atoms. The Bertz CT molecular complexity index is 497. The van der Waals surface area contributed by atoms with Crippen LogP contribution in [0.2, 0.25) is 0 Å². The van der Waals surface area contributed by atoms with Crippen molar-refractivity contribution in [1.82, 2.24) is 14.9 Å². The van der Waals surface area contributed by atoms with Crippen molar-refractivity contribution >= 4 is 17.5 Å². The Morgan fingerprint density at radius 1 is 1.20 bits per heavy atom. The number of aromatic nitrogens is 2. The molecule has 0 aromatic carbocycles. The van der Waals surface area contributed by atoms with Crippen molar-refractivity contribution in [2.45, 2.75) is 39.7 Å². The summed E-state index contributed by atoms with van der Waals surface area (Å²) < 4.78 is 0. The van der Waals surface area contributed by atoms with Crippen molar-refractivity contribution in [1.29, 1.82) is 0 Å². The monoisotopic (exact) mass is 277 g/mol. The highest BCUT2D eigenvalue weighted by Gasteiger charge is 2.24. The van der Waals surface area contributed by atoms with Gasteiger partial charge in [-0.2, -0.15) is 0 Å². The third-order valence-corrected chi connectivity index (χ3v) is 3.64. The number of likely N-dealkylation sites (tertiary alicyclic amines) is 1. The lowest BCUT2D eigenvalue weighted by Gasteiger charge is -2.22. The lowest BCUT2D eigenvalue weighted by molar-refractivity contribution is -0.130. The van der Waals surface area contributed by atoms with Gasteiger partial charge < -0.3 is 15.5 Å². The minimum Gasteiger partial charge on any atom is -0.373 e. The second-order valence-electron chi connectivity index (χ2n) is 5.24. The minimum atomic E-state index is -0.272. The summed E-state index contributed by atoms with van der Waals surface area (Å²) in [5.41, 5.74) is 0.930. The Hall–Kier alpha value is -1.85. The fraction of sp³-hybridized carbons (Fsp3) is 0.643. The number of carbonyl (C=O) groups excluding carboxylic acids is 1. The Labute approximate surface area is 120 Å². The van der Waals surface area contributed by atoms with E-state index in [9.17, 15) is 4.79 Å². The standard InChI is InChI=1S/C14H23N5O/c1-9-12(15-4)17-11(3)18-13(9)16-10(2)14(20)19-7-5-6-8-19/h10H,5-8H2,1-4H3,(H2,15,16,17,18). The molecule has 1 atom stereocenters. The predicted molar refractivity (Wildman–Crippen MR) is 80.0 cm³/mol. The van der Waals surface area contributed by atoms with E-state index in [4.69, 9.17) is 0 Å². The molecule has 0 aliphatic carbocycles. The van der Waals surface area contributed by atoms with Gasteiger partial charge in [-0.25, -0.2) is 9.97 Å². The predicted octanol–water partition coefficient (Wildman–Crippen LogP) is 1.56. The zero-order valence-electron chi connectivity index (χ0n) is 12.7. The third kappa shape index (κ3) is 3.00. The molecular weight excluding hydrogens is 254 g/mol. The summed E-state index contributed by atoms with van der Waals surface area (Å²) in [7, 11) is 1.83. The van der Waals surface area contributed by atoms with Gasteiger partial charge >= 0.3 is 0 Å². The largest absolute Gasteiger partial charge is 0.373 e. The molecule has 0 spiro atoms. The van der Waals surface area contributed by atoms with Crippen molar-refractivity contribution in [3.63, 3.8) is 0 Å². The molecule has 1 aliphatic rings. The van der Waals surface area contributed by atoms with Gasteiger partial charge in [-0.1, -0.05) is 0 Å². The van der Waals surface area contributed by atoms with Crippen LogP contribution in [0.4, 0.5) is 11.6 Å². The molecule has 1 aromatic rings. The first-order chi connectivity index (χ1) is 9.52. The molecule has 2 heterocycles. The van der Waals surface area contributed by atoms with Crippen LogP contribution in [0.5, 0.6) is 0 Å². The van der Waals surface area contributed by atoms with Crippen molar-refractivity contribution in [3.8, 4) is 0 Å². The molecule has 0 radical (unpaired) electrons. The lowest BCUT2D eigenvalue weighted by atomic mass is 10.2. The van der Waals surface area contributed by atoms with E-state index in [0.717, 1.165) is 43.1 Å². The van der Waals surface area contributed by atoms with E-state index in [2.05, 4.69) is 20.6 Å². The molecular formula is C14H23N5O. The number of rotatable bonds is 4. The molecule has 1 aromatic heterocycles. The van der Waals surface area contributed by atoms with Crippen LogP contribution in [0.25, 0.3) is 0 Å². The third-order valence-electron chi connectivity index (χ3n) is 3.64. The van der Waals surface area contributed by atoms with Crippen LogP contribution in [0, 0.1) is 13.8 Å². The topological polar surface area (TPSA) is 70.1 Å². The summed E-state index contributed by atoms with van der Waals surface area (Å²) in [6.07, 6.45) is 2.21. The van der Waals surface area contributed by atoms with Crippen LogP contribution < -0.4 is 10.6 Å². The van der Waals surface area contributed by atoms with Crippen LogP contribution in [0.1, 0.15) is 31.2 Å². The molecule has 1 saturated heterocycles. The maximum Gasteiger partial charge on any atom is 0.244 e. The Balaban J connectivity index is 2.12. The smallest absolute Gasteiger partial charge is 0.244 e. The van der Waals surface area contributed by atoms with Gasteiger partial charge in [-0.15, -0.1) is 0 Å². The number of carbonyl (C=O) groups is 1.